The zero-order valence-electron chi connectivity index (χ0n) is 14.6. The molecule has 0 atom stereocenters. The van der Waals surface area contributed by atoms with E-state index in [0.29, 0.717) is 42.1 Å². The van der Waals surface area contributed by atoms with Crippen LogP contribution in [-0.2, 0) is 14.4 Å². The third-order valence-electron chi connectivity index (χ3n) is 4.53. The van der Waals surface area contributed by atoms with Crippen molar-refractivity contribution in [3.05, 3.63) is 23.2 Å². The lowest BCUT2D eigenvalue weighted by molar-refractivity contribution is -0.144. The van der Waals surface area contributed by atoms with E-state index < -0.39 is 5.97 Å². The molecule has 142 valence electrons. The van der Waals surface area contributed by atoms with Gasteiger partial charge in [-0.05, 0) is 43.9 Å². The molecule has 3 N–H and O–H groups in total. The number of ether oxygens (including phenoxy) is 1. The van der Waals surface area contributed by atoms with Crippen LogP contribution in [0.1, 0.15) is 32.1 Å². The van der Waals surface area contributed by atoms with E-state index in [2.05, 4.69) is 10.6 Å². The Morgan fingerprint density at radius 3 is 2.46 bits per heavy atom. The van der Waals surface area contributed by atoms with Gasteiger partial charge in [0.15, 0.2) is 0 Å². The van der Waals surface area contributed by atoms with Crippen molar-refractivity contribution in [1.29, 1.82) is 0 Å². The summed E-state index contributed by atoms with van der Waals surface area (Å²) in [5, 5.41) is 14.9. The fourth-order valence-corrected chi connectivity index (χ4v) is 3.21. The topological polar surface area (TPSA) is 105 Å². The highest BCUT2D eigenvalue weighted by atomic mass is 35.5. The molecule has 1 fully saturated rings. The summed E-state index contributed by atoms with van der Waals surface area (Å²) in [7, 11) is 1.50. The molecule has 0 aromatic heterocycles. The van der Waals surface area contributed by atoms with Crippen molar-refractivity contribution in [3.63, 3.8) is 0 Å². The molecule has 1 saturated carbocycles. The fraction of sp³-hybridized carbons (Fsp3) is 0.500. The van der Waals surface area contributed by atoms with Crippen molar-refractivity contribution in [2.45, 2.75) is 32.1 Å². The van der Waals surface area contributed by atoms with Crippen LogP contribution in [0.5, 0.6) is 5.75 Å². The number of benzene rings is 1. The highest BCUT2D eigenvalue weighted by Gasteiger charge is 2.29. The molecule has 0 bridgehead atoms. The first-order valence-corrected chi connectivity index (χ1v) is 8.92. The van der Waals surface area contributed by atoms with Crippen LogP contribution in [0.15, 0.2) is 18.2 Å². The van der Waals surface area contributed by atoms with E-state index in [1.54, 1.807) is 18.2 Å². The summed E-state index contributed by atoms with van der Waals surface area (Å²) in [5.74, 6) is -1.21. The maximum Gasteiger partial charge on any atom is 0.306 e. The third kappa shape index (κ3) is 5.62. The van der Waals surface area contributed by atoms with Gasteiger partial charge in [0, 0.05) is 23.9 Å². The number of carbonyl (C=O) groups excluding carboxylic acids is 2. The highest BCUT2D eigenvalue weighted by molar-refractivity contribution is 6.31. The Balaban J connectivity index is 1.74. The van der Waals surface area contributed by atoms with Crippen LogP contribution in [0.2, 0.25) is 5.02 Å². The van der Waals surface area contributed by atoms with Crippen molar-refractivity contribution in [2.24, 2.45) is 11.8 Å². The van der Waals surface area contributed by atoms with Crippen molar-refractivity contribution >= 4 is 35.1 Å². The number of anilines is 1. The normalized spacial score (nSPS) is 19.5. The van der Waals surface area contributed by atoms with E-state index in [4.69, 9.17) is 21.4 Å². The maximum absolute atomic E-state index is 12.1. The summed E-state index contributed by atoms with van der Waals surface area (Å²) >= 11 is 5.92. The number of rotatable bonds is 7. The summed E-state index contributed by atoms with van der Waals surface area (Å²) in [4.78, 5) is 35.1. The smallest absolute Gasteiger partial charge is 0.306 e. The molecule has 26 heavy (non-hydrogen) atoms. The number of halogens is 1. The number of carboxylic acid groups (broad SMARTS) is 1. The quantitative estimate of drug-likeness (QED) is 0.672. The summed E-state index contributed by atoms with van der Waals surface area (Å²) in [6.45, 7) is 0.215. The molecule has 2 amide bonds. The second kappa shape index (κ2) is 9.43. The zero-order chi connectivity index (χ0) is 19.1. The first kappa shape index (κ1) is 20.0. The summed E-state index contributed by atoms with van der Waals surface area (Å²) in [6.07, 6.45) is 2.28. The molecule has 0 aliphatic heterocycles. The van der Waals surface area contributed by atoms with Crippen molar-refractivity contribution in [3.8, 4) is 5.75 Å². The first-order valence-electron chi connectivity index (χ1n) is 8.54. The summed E-state index contributed by atoms with van der Waals surface area (Å²) < 4.78 is 5.16. The van der Waals surface area contributed by atoms with Gasteiger partial charge in [-0.25, -0.2) is 0 Å². The minimum Gasteiger partial charge on any atom is -0.495 e. The molecule has 1 aliphatic rings. The molecule has 2 rings (SSSR count). The predicted molar refractivity (Wildman–Crippen MR) is 97.3 cm³/mol. The Morgan fingerprint density at radius 2 is 1.85 bits per heavy atom. The number of methoxy groups -OCH3 is 1. The second-order valence-corrected chi connectivity index (χ2v) is 6.76. The lowest BCUT2D eigenvalue weighted by Gasteiger charge is -2.25. The van der Waals surface area contributed by atoms with Gasteiger partial charge in [-0.2, -0.15) is 0 Å². The van der Waals surface area contributed by atoms with E-state index in [1.807, 2.05) is 0 Å². The number of aliphatic carboxylic acids is 1. The van der Waals surface area contributed by atoms with E-state index in [0.717, 1.165) is 0 Å². The zero-order valence-corrected chi connectivity index (χ0v) is 15.3. The standard InChI is InChI=1S/C18H23ClN2O5/c1-26-15-7-6-13(19)10-14(15)21-16(22)8-9-20-17(23)11-2-4-12(5-3-11)18(24)25/h6-7,10-12H,2-5,8-9H2,1H3,(H,20,23)(H,21,22)(H,24,25). The van der Waals surface area contributed by atoms with Crippen LogP contribution >= 0.6 is 11.6 Å². The van der Waals surface area contributed by atoms with Crippen LogP contribution in [0.25, 0.3) is 0 Å². The van der Waals surface area contributed by atoms with Gasteiger partial charge in [-0.15, -0.1) is 0 Å². The number of hydrogen-bond donors (Lipinski definition) is 3. The van der Waals surface area contributed by atoms with Gasteiger partial charge in [-0.1, -0.05) is 11.6 Å². The SMILES string of the molecule is COc1ccc(Cl)cc1NC(=O)CCNC(=O)C1CCC(C(=O)O)CC1. The Bertz CT molecular complexity index is 672. The number of hydrogen-bond acceptors (Lipinski definition) is 4. The molecule has 1 aliphatic carbocycles. The number of carbonyl (C=O) groups is 3. The van der Waals surface area contributed by atoms with Gasteiger partial charge >= 0.3 is 5.97 Å². The van der Waals surface area contributed by atoms with Crippen LogP contribution in [0, 0.1) is 11.8 Å². The van der Waals surface area contributed by atoms with Crippen LogP contribution in [0.3, 0.4) is 0 Å². The van der Waals surface area contributed by atoms with Crippen LogP contribution < -0.4 is 15.4 Å². The van der Waals surface area contributed by atoms with Gasteiger partial charge in [-0.3, -0.25) is 14.4 Å². The van der Waals surface area contributed by atoms with E-state index in [1.165, 1.54) is 7.11 Å². The minimum absolute atomic E-state index is 0.117. The fourth-order valence-electron chi connectivity index (χ4n) is 3.04. The highest BCUT2D eigenvalue weighted by Crippen LogP contribution is 2.29. The van der Waals surface area contributed by atoms with Crippen molar-refractivity contribution < 1.29 is 24.2 Å². The minimum atomic E-state index is -0.794. The molecule has 0 unspecified atom stereocenters. The van der Waals surface area contributed by atoms with Crippen molar-refractivity contribution in [2.75, 3.05) is 19.0 Å². The number of amides is 2. The lowest BCUT2D eigenvalue weighted by atomic mass is 9.81. The van der Waals surface area contributed by atoms with Gasteiger partial charge < -0.3 is 20.5 Å². The Morgan fingerprint density at radius 1 is 1.19 bits per heavy atom. The maximum atomic E-state index is 12.1. The average Bonchev–Trinajstić information content (AvgIpc) is 2.62. The van der Waals surface area contributed by atoms with Crippen LogP contribution in [-0.4, -0.2) is 36.5 Å². The molecular formula is C18H23ClN2O5. The second-order valence-electron chi connectivity index (χ2n) is 6.32. The molecular weight excluding hydrogens is 360 g/mol. The Labute approximate surface area is 157 Å². The molecule has 0 saturated heterocycles. The van der Waals surface area contributed by atoms with Crippen LogP contribution in [0.4, 0.5) is 5.69 Å². The van der Waals surface area contributed by atoms with E-state index in [-0.39, 0.29) is 36.6 Å². The lowest BCUT2D eigenvalue weighted by Crippen LogP contribution is -2.35. The third-order valence-corrected chi connectivity index (χ3v) is 4.77. The predicted octanol–water partition coefficient (Wildman–Crippen LogP) is 2.68. The molecule has 0 spiro atoms. The van der Waals surface area contributed by atoms with E-state index in [9.17, 15) is 14.4 Å². The monoisotopic (exact) mass is 382 g/mol. The Kier molecular flexibility index (Phi) is 7.26. The van der Waals surface area contributed by atoms with Gasteiger partial charge in [0.2, 0.25) is 11.8 Å². The first-order chi connectivity index (χ1) is 12.4. The van der Waals surface area contributed by atoms with Crippen molar-refractivity contribution in [1.82, 2.24) is 5.32 Å². The molecule has 1 aromatic carbocycles. The number of carboxylic acids is 1. The molecule has 0 heterocycles. The van der Waals surface area contributed by atoms with Gasteiger partial charge in [0.25, 0.3) is 0 Å². The summed E-state index contributed by atoms with van der Waals surface area (Å²) in [5.41, 5.74) is 0.475. The van der Waals surface area contributed by atoms with Gasteiger partial charge in [0.05, 0.1) is 18.7 Å². The molecule has 0 radical (unpaired) electrons. The molecule has 8 heteroatoms. The summed E-state index contributed by atoms with van der Waals surface area (Å²) in [6, 6.07) is 4.92. The average molecular weight is 383 g/mol. The molecule has 1 aromatic rings. The number of nitrogens with one attached hydrogen (secondary N) is 2. The molecule has 7 nitrogen and oxygen atoms in total. The van der Waals surface area contributed by atoms with Gasteiger partial charge in [0.1, 0.15) is 5.75 Å². The Hall–Kier alpha value is -2.28. The van der Waals surface area contributed by atoms with E-state index >= 15 is 0 Å². The largest absolute Gasteiger partial charge is 0.495 e.